The molecular formula is C15H25OP. The zero-order chi connectivity index (χ0) is 12.5. The van der Waals surface area contributed by atoms with E-state index in [1.807, 2.05) is 6.07 Å². The predicted molar refractivity (Wildman–Crippen MR) is 78.6 cm³/mol. The summed E-state index contributed by atoms with van der Waals surface area (Å²) in [6.45, 7) is 4.48. The van der Waals surface area contributed by atoms with Crippen LogP contribution in [0.3, 0.4) is 0 Å². The summed E-state index contributed by atoms with van der Waals surface area (Å²) in [4.78, 5) is 0. The minimum atomic E-state index is -0.190. The van der Waals surface area contributed by atoms with Crippen LogP contribution in [-0.4, -0.2) is 24.0 Å². The summed E-state index contributed by atoms with van der Waals surface area (Å²) >= 11 is 0. The smallest absolute Gasteiger partial charge is 0.0582 e. The second-order valence-electron chi connectivity index (χ2n) is 4.72. The fraction of sp³-hybridized carbons (Fsp3) is 0.600. The van der Waals surface area contributed by atoms with Gasteiger partial charge in [-0.3, -0.25) is 0 Å². The van der Waals surface area contributed by atoms with Gasteiger partial charge in [0.2, 0.25) is 0 Å². The third kappa shape index (κ3) is 6.19. The predicted octanol–water partition coefficient (Wildman–Crippen LogP) is 3.75. The molecule has 0 bridgehead atoms. The van der Waals surface area contributed by atoms with Crippen molar-refractivity contribution in [3.05, 3.63) is 30.3 Å². The van der Waals surface area contributed by atoms with Crippen molar-refractivity contribution in [1.82, 2.24) is 0 Å². The van der Waals surface area contributed by atoms with Crippen LogP contribution >= 0.6 is 7.92 Å². The second kappa shape index (κ2) is 8.66. The van der Waals surface area contributed by atoms with E-state index in [1.54, 1.807) is 0 Å². The van der Waals surface area contributed by atoms with E-state index in [-0.39, 0.29) is 14.0 Å². The van der Waals surface area contributed by atoms with Gasteiger partial charge in [-0.25, -0.2) is 0 Å². The minimum absolute atomic E-state index is 0.108. The summed E-state index contributed by atoms with van der Waals surface area (Å²) in [7, 11) is -0.190. The van der Waals surface area contributed by atoms with Gasteiger partial charge < -0.3 is 5.11 Å². The summed E-state index contributed by atoms with van der Waals surface area (Å²) in [6.07, 6.45) is 6.81. The van der Waals surface area contributed by atoms with Crippen LogP contribution in [0.5, 0.6) is 0 Å². The van der Waals surface area contributed by atoms with Crippen molar-refractivity contribution in [3.8, 4) is 0 Å². The molecule has 96 valence electrons. The summed E-state index contributed by atoms with van der Waals surface area (Å²) in [5.41, 5.74) is 0. The van der Waals surface area contributed by atoms with E-state index >= 15 is 0 Å². The molecule has 1 N–H and O–H groups in total. The van der Waals surface area contributed by atoms with E-state index in [0.717, 1.165) is 12.6 Å². The van der Waals surface area contributed by atoms with Crippen molar-refractivity contribution in [3.63, 3.8) is 0 Å². The highest BCUT2D eigenvalue weighted by atomic mass is 31.1. The van der Waals surface area contributed by atoms with Crippen LogP contribution in [0.1, 0.15) is 39.0 Å². The molecule has 0 heterocycles. The summed E-state index contributed by atoms with van der Waals surface area (Å²) in [5.74, 6) is 0. The van der Waals surface area contributed by atoms with E-state index < -0.39 is 0 Å². The van der Waals surface area contributed by atoms with Crippen molar-refractivity contribution < 1.29 is 5.11 Å². The number of aliphatic hydroxyl groups is 1. The van der Waals surface area contributed by atoms with E-state index in [1.165, 1.54) is 31.0 Å². The fourth-order valence-corrected chi connectivity index (χ4v) is 3.71. The molecule has 0 fully saturated rings. The maximum Gasteiger partial charge on any atom is 0.0582 e. The van der Waals surface area contributed by atoms with Crippen LogP contribution in [0.25, 0.3) is 0 Å². The SMILES string of the molecule is CCCCCC[C@@H](O)C[P@@](C)c1ccccc1. The van der Waals surface area contributed by atoms with Gasteiger partial charge in [-0.1, -0.05) is 70.9 Å². The Morgan fingerprint density at radius 3 is 2.47 bits per heavy atom. The van der Waals surface area contributed by atoms with E-state index in [9.17, 15) is 5.11 Å². The lowest BCUT2D eigenvalue weighted by molar-refractivity contribution is 0.184. The Morgan fingerprint density at radius 1 is 1.12 bits per heavy atom. The molecule has 0 aliphatic carbocycles. The number of hydrogen-bond donors (Lipinski definition) is 1. The molecule has 1 aromatic rings. The zero-order valence-corrected chi connectivity index (χ0v) is 12.0. The monoisotopic (exact) mass is 252 g/mol. The molecule has 1 nitrogen and oxygen atoms in total. The van der Waals surface area contributed by atoms with Crippen LogP contribution in [0.4, 0.5) is 0 Å². The van der Waals surface area contributed by atoms with Gasteiger partial charge in [-0.2, -0.15) is 0 Å². The van der Waals surface area contributed by atoms with Crippen LogP contribution in [0, 0.1) is 0 Å². The molecule has 0 radical (unpaired) electrons. The van der Waals surface area contributed by atoms with Crippen LogP contribution in [-0.2, 0) is 0 Å². The molecule has 1 aromatic carbocycles. The maximum absolute atomic E-state index is 10.00. The van der Waals surface area contributed by atoms with E-state index in [0.29, 0.717) is 0 Å². The highest BCUT2D eigenvalue weighted by Gasteiger charge is 2.10. The number of aliphatic hydroxyl groups excluding tert-OH is 1. The molecule has 2 heteroatoms. The van der Waals surface area contributed by atoms with Gasteiger partial charge in [0.05, 0.1) is 6.10 Å². The lowest BCUT2D eigenvalue weighted by atomic mass is 10.1. The Hall–Kier alpha value is -0.390. The highest BCUT2D eigenvalue weighted by molar-refractivity contribution is 7.64. The highest BCUT2D eigenvalue weighted by Crippen LogP contribution is 2.31. The van der Waals surface area contributed by atoms with Gasteiger partial charge in [0, 0.05) is 0 Å². The third-order valence-electron chi connectivity index (χ3n) is 3.07. The molecule has 0 saturated heterocycles. The van der Waals surface area contributed by atoms with Gasteiger partial charge in [-0.05, 0) is 24.6 Å². The Morgan fingerprint density at radius 2 is 1.82 bits per heavy atom. The average molecular weight is 252 g/mol. The molecule has 17 heavy (non-hydrogen) atoms. The Balaban J connectivity index is 2.24. The molecule has 0 amide bonds. The molecule has 1 rings (SSSR count). The topological polar surface area (TPSA) is 20.2 Å². The molecule has 0 saturated carbocycles. The first kappa shape index (κ1) is 14.7. The van der Waals surface area contributed by atoms with Crippen molar-refractivity contribution in [2.24, 2.45) is 0 Å². The van der Waals surface area contributed by atoms with Gasteiger partial charge in [-0.15, -0.1) is 0 Å². The second-order valence-corrected chi connectivity index (χ2v) is 7.00. The first-order valence-corrected chi connectivity index (χ1v) is 8.65. The lowest BCUT2D eigenvalue weighted by Gasteiger charge is -2.17. The van der Waals surface area contributed by atoms with E-state index in [4.69, 9.17) is 0 Å². The largest absolute Gasteiger partial charge is 0.393 e. The Kier molecular flexibility index (Phi) is 7.48. The Labute approximate surface area is 107 Å². The minimum Gasteiger partial charge on any atom is -0.393 e. The van der Waals surface area contributed by atoms with Gasteiger partial charge in [0.1, 0.15) is 0 Å². The number of rotatable bonds is 8. The molecule has 0 aromatic heterocycles. The van der Waals surface area contributed by atoms with Crippen LogP contribution in [0.2, 0.25) is 0 Å². The fourth-order valence-electron chi connectivity index (χ4n) is 2.00. The van der Waals surface area contributed by atoms with Crippen LogP contribution in [0.15, 0.2) is 30.3 Å². The number of benzene rings is 1. The third-order valence-corrected chi connectivity index (χ3v) is 5.22. The average Bonchev–Trinajstić information content (AvgIpc) is 2.36. The van der Waals surface area contributed by atoms with Crippen LogP contribution < -0.4 is 5.30 Å². The normalized spacial score (nSPS) is 14.5. The lowest BCUT2D eigenvalue weighted by Crippen LogP contribution is -2.15. The molecular weight excluding hydrogens is 227 g/mol. The molecule has 2 atom stereocenters. The molecule has 0 unspecified atom stereocenters. The van der Waals surface area contributed by atoms with Gasteiger partial charge in [0.25, 0.3) is 0 Å². The van der Waals surface area contributed by atoms with Crippen molar-refractivity contribution in [1.29, 1.82) is 0 Å². The van der Waals surface area contributed by atoms with E-state index in [2.05, 4.69) is 37.9 Å². The molecule has 0 aliphatic rings. The van der Waals surface area contributed by atoms with Crippen molar-refractivity contribution >= 4 is 13.2 Å². The molecule has 0 spiro atoms. The Bertz CT molecular complexity index is 286. The zero-order valence-electron chi connectivity index (χ0n) is 11.1. The summed E-state index contributed by atoms with van der Waals surface area (Å²) in [5, 5.41) is 11.4. The van der Waals surface area contributed by atoms with Crippen molar-refractivity contribution in [2.45, 2.75) is 45.1 Å². The number of hydrogen-bond acceptors (Lipinski definition) is 1. The summed E-state index contributed by atoms with van der Waals surface area (Å²) in [6, 6.07) is 10.6. The maximum atomic E-state index is 10.00. The first-order valence-electron chi connectivity index (χ1n) is 6.68. The quantitative estimate of drug-likeness (QED) is 0.552. The summed E-state index contributed by atoms with van der Waals surface area (Å²) < 4.78 is 0. The van der Waals surface area contributed by atoms with Crippen molar-refractivity contribution in [2.75, 3.05) is 12.8 Å². The standard InChI is InChI=1S/C15H25OP/c1-3-4-5-7-10-14(16)13-17(2)15-11-8-6-9-12-15/h6,8-9,11-12,14,16H,3-5,7,10,13H2,1-2H3/t14-,17-/m1/s1. The van der Waals surface area contributed by atoms with Gasteiger partial charge >= 0.3 is 0 Å². The number of unbranched alkanes of at least 4 members (excludes halogenated alkanes) is 3. The molecule has 0 aliphatic heterocycles. The van der Waals surface area contributed by atoms with Gasteiger partial charge in [0.15, 0.2) is 0 Å². The first-order chi connectivity index (χ1) is 8.24.